The fourth-order valence-corrected chi connectivity index (χ4v) is 2.47. The van der Waals surface area contributed by atoms with Crippen LogP contribution in [-0.2, 0) is 5.88 Å². The van der Waals surface area contributed by atoms with Crippen LogP contribution in [0.25, 0.3) is 0 Å². The van der Waals surface area contributed by atoms with Gasteiger partial charge in [0.05, 0.1) is 23.2 Å². The standard InChI is InChI=1S/C14H18Cl2N2/c1-11(2)10-18(8-4-7-17)14-12(9-15)5-3-6-13(14)16/h3,5-6,11H,4,8-10H2,1-2H3. The van der Waals surface area contributed by atoms with Gasteiger partial charge in [0.2, 0.25) is 0 Å². The van der Waals surface area contributed by atoms with Crippen molar-refractivity contribution in [1.29, 1.82) is 5.26 Å². The van der Waals surface area contributed by atoms with Crippen LogP contribution in [0.5, 0.6) is 0 Å². The lowest BCUT2D eigenvalue weighted by atomic mass is 10.1. The summed E-state index contributed by atoms with van der Waals surface area (Å²) in [6, 6.07) is 7.93. The smallest absolute Gasteiger partial charge is 0.0642 e. The van der Waals surface area contributed by atoms with E-state index in [0.29, 0.717) is 29.8 Å². The Hall–Kier alpha value is -0.910. The third-order valence-electron chi connectivity index (χ3n) is 2.61. The van der Waals surface area contributed by atoms with E-state index < -0.39 is 0 Å². The summed E-state index contributed by atoms with van der Waals surface area (Å²) in [5, 5.41) is 9.46. The third kappa shape index (κ3) is 4.08. The van der Waals surface area contributed by atoms with Gasteiger partial charge in [-0.3, -0.25) is 0 Å². The van der Waals surface area contributed by atoms with Crippen LogP contribution in [0.3, 0.4) is 0 Å². The van der Waals surface area contributed by atoms with Crippen molar-refractivity contribution >= 4 is 28.9 Å². The molecule has 0 aliphatic heterocycles. The van der Waals surface area contributed by atoms with E-state index in [0.717, 1.165) is 17.8 Å². The number of benzene rings is 1. The number of halogens is 2. The number of rotatable bonds is 6. The molecule has 0 aliphatic rings. The molecule has 18 heavy (non-hydrogen) atoms. The maximum atomic E-state index is 8.76. The van der Waals surface area contributed by atoms with Crippen LogP contribution in [0.4, 0.5) is 5.69 Å². The molecule has 0 aliphatic carbocycles. The molecule has 0 unspecified atom stereocenters. The molecule has 0 bridgehead atoms. The molecule has 1 aromatic rings. The molecule has 0 fully saturated rings. The van der Waals surface area contributed by atoms with Crippen molar-refractivity contribution in [3.05, 3.63) is 28.8 Å². The zero-order chi connectivity index (χ0) is 13.5. The van der Waals surface area contributed by atoms with Crippen molar-refractivity contribution in [3.8, 4) is 6.07 Å². The molecule has 0 amide bonds. The Morgan fingerprint density at radius 1 is 1.39 bits per heavy atom. The average molecular weight is 285 g/mol. The molecule has 1 rings (SSSR count). The first-order valence-electron chi connectivity index (χ1n) is 6.05. The van der Waals surface area contributed by atoms with Gasteiger partial charge in [-0.05, 0) is 17.5 Å². The number of para-hydroxylation sites is 1. The van der Waals surface area contributed by atoms with Crippen molar-refractivity contribution in [3.63, 3.8) is 0 Å². The van der Waals surface area contributed by atoms with E-state index in [1.165, 1.54) is 0 Å². The van der Waals surface area contributed by atoms with Crippen LogP contribution in [-0.4, -0.2) is 13.1 Å². The summed E-state index contributed by atoms with van der Waals surface area (Å²) in [5.74, 6) is 0.931. The molecular weight excluding hydrogens is 267 g/mol. The van der Waals surface area contributed by atoms with Crippen LogP contribution in [0, 0.1) is 17.2 Å². The Balaban J connectivity index is 3.07. The zero-order valence-corrected chi connectivity index (χ0v) is 12.3. The predicted octanol–water partition coefficient (Wildman–Crippen LogP) is 4.45. The molecule has 0 aromatic heterocycles. The molecule has 0 N–H and O–H groups in total. The van der Waals surface area contributed by atoms with E-state index in [2.05, 4.69) is 24.8 Å². The molecule has 0 heterocycles. The summed E-state index contributed by atoms with van der Waals surface area (Å²) in [7, 11) is 0. The number of hydrogen-bond donors (Lipinski definition) is 0. The van der Waals surface area contributed by atoms with E-state index in [9.17, 15) is 0 Å². The number of hydrogen-bond acceptors (Lipinski definition) is 2. The van der Waals surface area contributed by atoms with E-state index in [4.69, 9.17) is 28.5 Å². The quantitative estimate of drug-likeness (QED) is 0.722. The minimum Gasteiger partial charge on any atom is -0.369 e. The second-order valence-electron chi connectivity index (χ2n) is 4.63. The number of alkyl halides is 1. The molecular formula is C14H18Cl2N2. The first-order valence-corrected chi connectivity index (χ1v) is 6.96. The highest BCUT2D eigenvalue weighted by Gasteiger charge is 2.15. The largest absolute Gasteiger partial charge is 0.369 e. The summed E-state index contributed by atoms with van der Waals surface area (Å²) < 4.78 is 0. The monoisotopic (exact) mass is 284 g/mol. The molecule has 0 atom stereocenters. The molecule has 0 radical (unpaired) electrons. The van der Waals surface area contributed by atoms with Gasteiger partial charge in [-0.1, -0.05) is 37.6 Å². The second kappa shape index (κ2) is 7.51. The number of nitrogens with zero attached hydrogens (tertiary/aromatic N) is 2. The van der Waals surface area contributed by atoms with E-state index in [1.807, 2.05) is 18.2 Å². The van der Waals surface area contributed by atoms with Crippen LogP contribution in [0.2, 0.25) is 5.02 Å². The van der Waals surface area contributed by atoms with E-state index >= 15 is 0 Å². The van der Waals surface area contributed by atoms with Gasteiger partial charge in [0.15, 0.2) is 0 Å². The topological polar surface area (TPSA) is 27.0 Å². The Labute approximate surface area is 119 Å². The summed E-state index contributed by atoms with van der Waals surface area (Å²) in [6.07, 6.45) is 0.486. The van der Waals surface area contributed by atoms with Gasteiger partial charge in [-0.25, -0.2) is 0 Å². The first kappa shape index (κ1) is 15.1. The fraction of sp³-hybridized carbons (Fsp3) is 0.500. The minimum atomic E-state index is 0.428. The van der Waals surface area contributed by atoms with Gasteiger partial charge in [0.25, 0.3) is 0 Å². The maximum absolute atomic E-state index is 8.76. The van der Waals surface area contributed by atoms with E-state index in [1.54, 1.807) is 0 Å². The van der Waals surface area contributed by atoms with Crippen LogP contribution < -0.4 is 4.90 Å². The van der Waals surface area contributed by atoms with Crippen molar-refractivity contribution in [2.75, 3.05) is 18.0 Å². The molecule has 98 valence electrons. The van der Waals surface area contributed by atoms with Crippen LogP contribution in [0.15, 0.2) is 18.2 Å². The zero-order valence-electron chi connectivity index (χ0n) is 10.8. The molecule has 1 aromatic carbocycles. The lowest BCUT2D eigenvalue weighted by molar-refractivity contribution is 0.611. The van der Waals surface area contributed by atoms with Gasteiger partial charge < -0.3 is 4.90 Å². The van der Waals surface area contributed by atoms with Gasteiger partial charge in [-0.15, -0.1) is 11.6 Å². The molecule has 4 heteroatoms. The second-order valence-corrected chi connectivity index (χ2v) is 5.30. The Kier molecular flexibility index (Phi) is 6.32. The Morgan fingerprint density at radius 2 is 2.11 bits per heavy atom. The van der Waals surface area contributed by atoms with Crippen LogP contribution >= 0.6 is 23.2 Å². The average Bonchev–Trinajstić information content (AvgIpc) is 2.34. The lowest BCUT2D eigenvalue weighted by Gasteiger charge is -2.28. The maximum Gasteiger partial charge on any atom is 0.0642 e. The summed E-state index contributed by atoms with van der Waals surface area (Å²) in [6.45, 7) is 5.85. The van der Waals surface area contributed by atoms with Gasteiger partial charge in [-0.2, -0.15) is 5.26 Å². The predicted molar refractivity (Wildman–Crippen MR) is 78.3 cm³/mol. The van der Waals surface area contributed by atoms with E-state index in [-0.39, 0.29) is 0 Å². The van der Waals surface area contributed by atoms with Crippen molar-refractivity contribution < 1.29 is 0 Å². The van der Waals surface area contributed by atoms with Crippen LogP contribution in [0.1, 0.15) is 25.8 Å². The number of anilines is 1. The normalized spacial score (nSPS) is 10.4. The SMILES string of the molecule is CC(C)CN(CCC#N)c1c(Cl)cccc1CCl. The highest BCUT2D eigenvalue weighted by Crippen LogP contribution is 2.31. The molecule has 0 saturated heterocycles. The first-order chi connectivity index (χ1) is 8.60. The highest BCUT2D eigenvalue weighted by molar-refractivity contribution is 6.33. The lowest BCUT2D eigenvalue weighted by Crippen LogP contribution is -2.29. The van der Waals surface area contributed by atoms with Crippen molar-refractivity contribution in [2.45, 2.75) is 26.1 Å². The van der Waals surface area contributed by atoms with Crippen molar-refractivity contribution in [2.24, 2.45) is 5.92 Å². The van der Waals surface area contributed by atoms with Gasteiger partial charge in [0.1, 0.15) is 0 Å². The summed E-state index contributed by atoms with van der Waals surface area (Å²) >= 11 is 12.3. The molecule has 2 nitrogen and oxygen atoms in total. The Morgan fingerprint density at radius 3 is 2.67 bits per heavy atom. The van der Waals surface area contributed by atoms with Crippen molar-refractivity contribution in [1.82, 2.24) is 0 Å². The third-order valence-corrected chi connectivity index (χ3v) is 3.20. The Bertz CT molecular complexity index is 424. The minimum absolute atomic E-state index is 0.428. The van der Waals surface area contributed by atoms with Gasteiger partial charge in [0, 0.05) is 19.0 Å². The molecule has 0 spiro atoms. The fourth-order valence-electron chi connectivity index (χ4n) is 1.94. The summed E-state index contributed by atoms with van der Waals surface area (Å²) in [4.78, 5) is 2.16. The number of nitriles is 1. The van der Waals surface area contributed by atoms with Gasteiger partial charge >= 0.3 is 0 Å². The highest BCUT2D eigenvalue weighted by atomic mass is 35.5. The summed E-state index contributed by atoms with van der Waals surface area (Å²) in [5.41, 5.74) is 1.99. The molecule has 0 saturated carbocycles.